The third-order valence-electron chi connectivity index (χ3n) is 4.03. The van der Waals surface area contributed by atoms with Gasteiger partial charge in [0, 0.05) is 42.5 Å². The zero-order valence-electron chi connectivity index (χ0n) is 14.3. The summed E-state index contributed by atoms with van der Waals surface area (Å²) < 4.78 is 10.4. The topological polar surface area (TPSA) is 123 Å². The molecule has 0 aliphatic rings. The van der Waals surface area contributed by atoms with E-state index in [4.69, 9.17) is 32.4 Å². The standard InChI is InChI=1S/C18H26N4O2/c1-23-5-3-14-15(4-6-24-2)18(22)16(10-17(14)21)11-7-12(19)9-13(20)8-11/h7-10H,3-6,19-22H2,1-2H3. The van der Waals surface area contributed by atoms with Crippen LogP contribution in [0.3, 0.4) is 0 Å². The van der Waals surface area contributed by atoms with E-state index >= 15 is 0 Å². The molecule has 130 valence electrons. The molecule has 0 atom stereocenters. The zero-order valence-corrected chi connectivity index (χ0v) is 14.3. The van der Waals surface area contributed by atoms with Crippen LogP contribution in [0.1, 0.15) is 11.1 Å². The predicted molar refractivity (Wildman–Crippen MR) is 101 cm³/mol. The Hall–Kier alpha value is -2.44. The van der Waals surface area contributed by atoms with Crippen LogP contribution in [-0.4, -0.2) is 27.4 Å². The molecule has 0 heterocycles. The van der Waals surface area contributed by atoms with Gasteiger partial charge in [0.15, 0.2) is 0 Å². The molecular weight excluding hydrogens is 304 g/mol. The highest BCUT2D eigenvalue weighted by Crippen LogP contribution is 2.37. The fraction of sp³-hybridized carbons (Fsp3) is 0.333. The van der Waals surface area contributed by atoms with Crippen molar-refractivity contribution in [3.8, 4) is 11.1 Å². The average molecular weight is 330 g/mol. The summed E-state index contributed by atoms with van der Waals surface area (Å²) in [6.07, 6.45) is 1.38. The first-order valence-corrected chi connectivity index (χ1v) is 7.82. The van der Waals surface area contributed by atoms with E-state index in [2.05, 4.69) is 0 Å². The largest absolute Gasteiger partial charge is 0.399 e. The molecule has 2 aromatic carbocycles. The Morgan fingerprint density at radius 2 is 1.29 bits per heavy atom. The lowest BCUT2D eigenvalue weighted by Gasteiger charge is -2.19. The lowest BCUT2D eigenvalue weighted by atomic mass is 9.91. The van der Waals surface area contributed by atoms with Gasteiger partial charge in [0.25, 0.3) is 0 Å². The summed E-state index contributed by atoms with van der Waals surface area (Å²) in [4.78, 5) is 0. The van der Waals surface area contributed by atoms with Gasteiger partial charge in [0.05, 0.1) is 13.2 Å². The summed E-state index contributed by atoms with van der Waals surface area (Å²) in [5.74, 6) is 0. The molecule has 0 radical (unpaired) electrons. The number of rotatable bonds is 7. The Labute approximate surface area is 142 Å². The van der Waals surface area contributed by atoms with Gasteiger partial charge in [-0.1, -0.05) is 0 Å². The fourth-order valence-electron chi connectivity index (χ4n) is 2.88. The molecule has 0 aliphatic heterocycles. The minimum absolute atomic E-state index is 0.562. The number of hydrogen-bond donors (Lipinski definition) is 4. The molecule has 0 spiro atoms. The first kappa shape index (κ1) is 17.9. The number of nitrogens with two attached hydrogens (primary N) is 4. The first-order chi connectivity index (χ1) is 11.5. The smallest absolute Gasteiger partial charge is 0.0503 e. The van der Waals surface area contributed by atoms with Gasteiger partial charge in [-0.2, -0.15) is 0 Å². The molecule has 8 N–H and O–H groups in total. The van der Waals surface area contributed by atoms with Crippen LogP contribution in [0, 0.1) is 0 Å². The second-order valence-corrected chi connectivity index (χ2v) is 5.76. The number of ether oxygens (including phenoxy) is 2. The van der Waals surface area contributed by atoms with Crippen LogP contribution in [-0.2, 0) is 22.3 Å². The van der Waals surface area contributed by atoms with Gasteiger partial charge in [0.2, 0.25) is 0 Å². The monoisotopic (exact) mass is 330 g/mol. The van der Waals surface area contributed by atoms with E-state index in [1.807, 2.05) is 18.2 Å². The van der Waals surface area contributed by atoms with E-state index in [9.17, 15) is 0 Å². The van der Waals surface area contributed by atoms with Crippen molar-refractivity contribution >= 4 is 22.7 Å². The summed E-state index contributed by atoms with van der Waals surface area (Å²) in [5.41, 5.74) is 30.8. The summed E-state index contributed by atoms with van der Waals surface area (Å²) in [5, 5.41) is 0. The van der Waals surface area contributed by atoms with Gasteiger partial charge >= 0.3 is 0 Å². The summed E-state index contributed by atoms with van der Waals surface area (Å²) in [6.45, 7) is 1.14. The first-order valence-electron chi connectivity index (χ1n) is 7.82. The molecule has 2 aromatic rings. The van der Waals surface area contributed by atoms with Crippen LogP contribution in [0.15, 0.2) is 24.3 Å². The van der Waals surface area contributed by atoms with E-state index in [1.165, 1.54) is 0 Å². The average Bonchev–Trinajstić information content (AvgIpc) is 2.53. The van der Waals surface area contributed by atoms with Crippen LogP contribution in [0.2, 0.25) is 0 Å². The van der Waals surface area contributed by atoms with Crippen molar-refractivity contribution in [3.63, 3.8) is 0 Å². The number of hydrogen-bond acceptors (Lipinski definition) is 6. The molecule has 0 bridgehead atoms. The van der Waals surface area contributed by atoms with Crippen LogP contribution < -0.4 is 22.9 Å². The number of methoxy groups -OCH3 is 2. The Balaban J connectivity index is 2.58. The highest BCUT2D eigenvalue weighted by molar-refractivity contribution is 5.86. The molecule has 0 unspecified atom stereocenters. The third-order valence-corrected chi connectivity index (χ3v) is 4.03. The molecule has 0 saturated heterocycles. The molecule has 2 rings (SSSR count). The van der Waals surface area contributed by atoms with Gasteiger partial charge in [0.1, 0.15) is 0 Å². The Morgan fingerprint density at radius 3 is 1.83 bits per heavy atom. The molecule has 0 fully saturated rings. The summed E-state index contributed by atoms with van der Waals surface area (Å²) in [7, 11) is 3.33. The second kappa shape index (κ2) is 7.90. The number of nitrogen functional groups attached to an aromatic ring is 4. The minimum Gasteiger partial charge on any atom is -0.399 e. The molecular formula is C18H26N4O2. The van der Waals surface area contributed by atoms with Gasteiger partial charge in [-0.05, 0) is 53.8 Å². The normalized spacial score (nSPS) is 10.9. The molecule has 0 amide bonds. The van der Waals surface area contributed by atoms with Gasteiger partial charge in [-0.3, -0.25) is 0 Å². The maximum atomic E-state index is 6.46. The zero-order chi connectivity index (χ0) is 17.7. The van der Waals surface area contributed by atoms with Crippen molar-refractivity contribution in [2.24, 2.45) is 0 Å². The lowest BCUT2D eigenvalue weighted by molar-refractivity contribution is 0.198. The molecule has 24 heavy (non-hydrogen) atoms. The van der Waals surface area contributed by atoms with E-state index < -0.39 is 0 Å². The highest BCUT2D eigenvalue weighted by atomic mass is 16.5. The van der Waals surface area contributed by atoms with Crippen molar-refractivity contribution in [2.45, 2.75) is 12.8 Å². The van der Waals surface area contributed by atoms with Gasteiger partial charge in [-0.25, -0.2) is 0 Å². The Morgan fingerprint density at radius 1 is 0.750 bits per heavy atom. The van der Waals surface area contributed by atoms with Crippen molar-refractivity contribution in [1.29, 1.82) is 0 Å². The van der Waals surface area contributed by atoms with Crippen molar-refractivity contribution < 1.29 is 9.47 Å². The molecule has 6 nitrogen and oxygen atoms in total. The summed E-state index contributed by atoms with van der Waals surface area (Å²) >= 11 is 0. The number of anilines is 4. The summed E-state index contributed by atoms with van der Waals surface area (Å²) in [6, 6.07) is 7.28. The van der Waals surface area contributed by atoms with Crippen molar-refractivity contribution in [1.82, 2.24) is 0 Å². The van der Waals surface area contributed by atoms with Crippen LogP contribution in [0.25, 0.3) is 11.1 Å². The quantitative estimate of drug-likeness (QED) is 0.576. The van der Waals surface area contributed by atoms with Crippen LogP contribution >= 0.6 is 0 Å². The van der Waals surface area contributed by atoms with E-state index in [0.29, 0.717) is 48.8 Å². The third kappa shape index (κ3) is 3.90. The van der Waals surface area contributed by atoms with Crippen molar-refractivity contribution in [3.05, 3.63) is 35.4 Å². The SMILES string of the molecule is COCCc1c(N)cc(-c2cc(N)cc(N)c2)c(N)c1CCOC. The van der Waals surface area contributed by atoms with E-state index in [-0.39, 0.29) is 0 Å². The lowest BCUT2D eigenvalue weighted by Crippen LogP contribution is -2.11. The minimum atomic E-state index is 0.562. The molecule has 6 heteroatoms. The van der Waals surface area contributed by atoms with Crippen molar-refractivity contribution in [2.75, 3.05) is 50.4 Å². The van der Waals surface area contributed by atoms with Crippen LogP contribution in [0.4, 0.5) is 22.7 Å². The van der Waals surface area contributed by atoms with E-state index in [0.717, 1.165) is 22.3 Å². The Kier molecular flexibility index (Phi) is 5.89. The highest BCUT2D eigenvalue weighted by Gasteiger charge is 2.16. The molecule has 0 aromatic heterocycles. The maximum Gasteiger partial charge on any atom is 0.0503 e. The van der Waals surface area contributed by atoms with Crippen LogP contribution in [0.5, 0.6) is 0 Å². The molecule has 0 saturated carbocycles. The maximum absolute atomic E-state index is 6.46. The van der Waals surface area contributed by atoms with Gasteiger partial charge in [-0.15, -0.1) is 0 Å². The van der Waals surface area contributed by atoms with Gasteiger partial charge < -0.3 is 32.4 Å². The fourth-order valence-corrected chi connectivity index (χ4v) is 2.88. The Bertz CT molecular complexity index is 696. The molecule has 0 aliphatic carbocycles. The predicted octanol–water partition coefficient (Wildman–Crippen LogP) is 2.06. The van der Waals surface area contributed by atoms with E-state index in [1.54, 1.807) is 20.3 Å². The number of benzene rings is 2. The second-order valence-electron chi connectivity index (χ2n) is 5.76.